The van der Waals surface area contributed by atoms with E-state index < -0.39 is 49.5 Å². The van der Waals surface area contributed by atoms with E-state index in [1.165, 1.54) is 199 Å². The summed E-state index contributed by atoms with van der Waals surface area (Å²) in [5.41, 5.74) is 0. The quantitative estimate of drug-likeness (QED) is 0.0261. The number of amides is 1. The van der Waals surface area contributed by atoms with E-state index in [0.717, 1.165) is 38.5 Å². The lowest BCUT2D eigenvalue weighted by atomic mass is 9.99. The van der Waals surface area contributed by atoms with Crippen LogP contribution in [0.4, 0.5) is 0 Å². The van der Waals surface area contributed by atoms with Crippen molar-refractivity contribution in [3.8, 4) is 0 Å². The number of carbonyl (C=O) groups excluding carboxylic acids is 1. The molecule has 1 saturated heterocycles. The number of aliphatic hydroxyl groups is 5. The zero-order valence-electron chi connectivity index (χ0n) is 40.6. The summed E-state index contributed by atoms with van der Waals surface area (Å²) in [7, 11) is 0. The fraction of sp³-hybridized carbons (Fsp3) is 0.943. The van der Waals surface area contributed by atoms with Gasteiger partial charge in [0.2, 0.25) is 5.91 Å². The van der Waals surface area contributed by atoms with Crippen LogP contribution in [0, 0.1) is 0 Å². The first-order valence-electron chi connectivity index (χ1n) is 26.9. The fourth-order valence-electron chi connectivity index (χ4n) is 8.80. The van der Waals surface area contributed by atoms with Crippen LogP contribution in [0.15, 0.2) is 12.2 Å². The van der Waals surface area contributed by atoms with Crippen molar-refractivity contribution < 1.29 is 39.8 Å². The number of ether oxygens (including phenoxy) is 2. The van der Waals surface area contributed by atoms with Gasteiger partial charge in [-0.3, -0.25) is 4.79 Å². The van der Waals surface area contributed by atoms with Crippen molar-refractivity contribution >= 4 is 5.91 Å². The van der Waals surface area contributed by atoms with Crippen LogP contribution in [0.3, 0.4) is 0 Å². The molecule has 0 aliphatic carbocycles. The Labute approximate surface area is 382 Å². The van der Waals surface area contributed by atoms with Crippen LogP contribution < -0.4 is 5.32 Å². The highest BCUT2D eigenvalue weighted by atomic mass is 16.7. The second-order valence-corrected chi connectivity index (χ2v) is 19.0. The molecule has 0 aromatic heterocycles. The SMILES string of the molecule is CCCCCCCCCCC/C=C\CCCCCCCCCC(=O)NC(COC1OC(CO)C(O)C(O)C1O)C(O)CCCCCCCCCCCCCCCCCCCCC. The van der Waals surface area contributed by atoms with Gasteiger partial charge in [0.25, 0.3) is 0 Å². The average Bonchev–Trinajstić information content (AvgIpc) is 3.27. The van der Waals surface area contributed by atoms with E-state index in [9.17, 15) is 30.3 Å². The van der Waals surface area contributed by atoms with Crippen LogP contribution >= 0.6 is 0 Å². The Morgan fingerprint density at radius 3 is 1.31 bits per heavy atom. The molecule has 1 fully saturated rings. The van der Waals surface area contributed by atoms with Crippen LogP contribution in [-0.4, -0.2) is 87.5 Å². The number of unbranched alkanes of at least 4 members (excludes halogenated alkanes) is 34. The summed E-state index contributed by atoms with van der Waals surface area (Å²) in [5, 5.41) is 54.6. The summed E-state index contributed by atoms with van der Waals surface area (Å²) in [4.78, 5) is 13.0. The predicted molar refractivity (Wildman–Crippen MR) is 258 cm³/mol. The lowest BCUT2D eigenvalue weighted by Crippen LogP contribution is -2.60. The Hall–Kier alpha value is -1.07. The van der Waals surface area contributed by atoms with Crippen molar-refractivity contribution in [1.29, 1.82) is 0 Å². The number of allylic oxidation sites excluding steroid dienone is 2. The first-order chi connectivity index (χ1) is 30.3. The molecule has 1 heterocycles. The van der Waals surface area contributed by atoms with E-state index in [-0.39, 0.29) is 12.5 Å². The largest absolute Gasteiger partial charge is 0.394 e. The number of carbonyl (C=O) groups is 1. The zero-order chi connectivity index (χ0) is 45.1. The lowest BCUT2D eigenvalue weighted by molar-refractivity contribution is -0.302. The first-order valence-corrected chi connectivity index (χ1v) is 26.9. The molecular formula is C53H103NO8. The van der Waals surface area contributed by atoms with Gasteiger partial charge in [0.15, 0.2) is 6.29 Å². The molecule has 7 atom stereocenters. The van der Waals surface area contributed by atoms with E-state index in [1.807, 2.05) is 0 Å². The van der Waals surface area contributed by atoms with Gasteiger partial charge < -0.3 is 40.3 Å². The van der Waals surface area contributed by atoms with Gasteiger partial charge >= 0.3 is 0 Å². The molecule has 1 aliphatic heterocycles. The lowest BCUT2D eigenvalue weighted by Gasteiger charge is -2.40. The molecule has 7 unspecified atom stereocenters. The number of rotatable bonds is 46. The van der Waals surface area contributed by atoms with Crippen molar-refractivity contribution in [2.45, 2.75) is 307 Å². The topological polar surface area (TPSA) is 149 Å². The van der Waals surface area contributed by atoms with Gasteiger partial charge in [-0.05, 0) is 38.5 Å². The molecular weight excluding hydrogens is 779 g/mol. The van der Waals surface area contributed by atoms with Gasteiger partial charge in [-0.15, -0.1) is 0 Å². The van der Waals surface area contributed by atoms with Crippen LogP contribution in [-0.2, 0) is 14.3 Å². The molecule has 368 valence electrons. The number of nitrogens with one attached hydrogen (secondary N) is 1. The zero-order valence-corrected chi connectivity index (χ0v) is 40.6. The standard InChI is InChI=1S/C53H103NO8/c1-3-5-7-9-11-13-15-17-19-21-23-25-27-29-31-33-35-37-39-41-43-49(57)54-46(45-61-53-52(60)51(59)50(58)48(44-55)62-53)47(56)42-40-38-36-34-32-30-28-26-24-22-20-18-16-14-12-10-8-6-4-2/h23,25,46-48,50-53,55-56,58-60H,3-22,24,26-45H2,1-2H3,(H,54,57)/b25-23-. The molecule has 9 heteroatoms. The number of hydrogen-bond donors (Lipinski definition) is 6. The highest BCUT2D eigenvalue weighted by Gasteiger charge is 2.44. The highest BCUT2D eigenvalue weighted by molar-refractivity contribution is 5.76. The van der Waals surface area contributed by atoms with E-state index in [2.05, 4.69) is 31.3 Å². The third kappa shape index (κ3) is 33.4. The van der Waals surface area contributed by atoms with E-state index in [4.69, 9.17) is 9.47 Å². The van der Waals surface area contributed by atoms with E-state index in [1.54, 1.807) is 0 Å². The Balaban J connectivity index is 2.25. The van der Waals surface area contributed by atoms with Crippen molar-refractivity contribution in [1.82, 2.24) is 5.32 Å². The van der Waals surface area contributed by atoms with Crippen molar-refractivity contribution in [3.05, 3.63) is 12.2 Å². The number of hydrogen-bond acceptors (Lipinski definition) is 8. The normalized spacial score (nSPS) is 20.3. The molecule has 0 bridgehead atoms. The molecule has 1 aliphatic rings. The summed E-state index contributed by atoms with van der Waals surface area (Å²) in [5.74, 6) is -0.145. The third-order valence-corrected chi connectivity index (χ3v) is 13.1. The van der Waals surface area contributed by atoms with Crippen molar-refractivity contribution in [2.75, 3.05) is 13.2 Å². The average molecular weight is 882 g/mol. The second-order valence-electron chi connectivity index (χ2n) is 19.0. The fourth-order valence-corrected chi connectivity index (χ4v) is 8.80. The Bertz CT molecular complexity index is 981. The summed E-state index contributed by atoms with van der Waals surface area (Å²) >= 11 is 0. The predicted octanol–water partition coefficient (Wildman–Crippen LogP) is 12.5. The Morgan fingerprint density at radius 1 is 0.532 bits per heavy atom. The van der Waals surface area contributed by atoms with E-state index in [0.29, 0.717) is 12.8 Å². The van der Waals surface area contributed by atoms with Gasteiger partial charge in [-0.2, -0.15) is 0 Å². The minimum absolute atomic E-state index is 0.136. The van der Waals surface area contributed by atoms with Gasteiger partial charge in [-0.25, -0.2) is 0 Å². The summed E-state index contributed by atoms with van der Waals surface area (Å²) in [6.07, 6.45) is 45.1. The summed E-state index contributed by atoms with van der Waals surface area (Å²) in [6, 6.07) is -0.718. The molecule has 9 nitrogen and oxygen atoms in total. The maximum atomic E-state index is 13.0. The maximum Gasteiger partial charge on any atom is 0.220 e. The highest BCUT2D eigenvalue weighted by Crippen LogP contribution is 2.23. The second kappa shape index (κ2) is 43.8. The third-order valence-electron chi connectivity index (χ3n) is 13.1. The molecule has 0 spiro atoms. The monoisotopic (exact) mass is 882 g/mol. The molecule has 6 N–H and O–H groups in total. The van der Waals surface area contributed by atoms with Gasteiger partial charge in [-0.1, -0.05) is 231 Å². The molecule has 1 amide bonds. The smallest absolute Gasteiger partial charge is 0.220 e. The maximum absolute atomic E-state index is 13.0. The molecule has 0 aromatic rings. The van der Waals surface area contributed by atoms with Gasteiger partial charge in [0, 0.05) is 6.42 Å². The van der Waals surface area contributed by atoms with Crippen LogP contribution in [0.1, 0.15) is 264 Å². The molecule has 0 saturated carbocycles. The first kappa shape index (κ1) is 58.9. The van der Waals surface area contributed by atoms with E-state index >= 15 is 0 Å². The Morgan fingerprint density at radius 2 is 0.903 bits per heavy atom. The van der Waals surface area contributed by atoms with Crippen LogP contribution in [0.5, 0.6) is 0 Å². The number of aliphatic hydroxyl groups excluding tert-OH is 5. The van der Waals surface area contributed by atoms with Crippen LogP contribution in [0.25, 0.3) is 0 Å². The van der Waals surface area contributed by atoms with Crippen LogP contribution in [0.2, 0.25) is 0 Å². The summed E-state index contributed by atoms with van der Waals surface area (Å²) in [6.45, 7) is 3.86. The molecule has 0 aromatic carbocycles. The van der Waals surface area contributed by atoms with Gasteiger partial charge in [0.05, 0.1) is 25.4 Å². The van der Waals surface area contributed by atoms with Crippen molar-refractivity contribution in [3.63, 3.8) is 0 Å². The molecule has 1 rings (SSSR count). The Kier molecular flexibility index (Phi) is 41.6. The summed E-state index contributed by atoms with van der Waals surface area (Å²) < 4.78 is 11.3. The minimum Gasteiger partial charge on any atom is -0.394 e. The minimum atomic E-state index is -1.55. The van der Waals surface area contributed by atoms with Crippen molar-refractivity contribution in [2.24, 2.45) is 0 Å². The molecule has 0 radical (unpaired) electrons. The molecule has 62 heavy (non-hydrogen) atoms. The van der Waals surface area contributed by atoms with Gasteiger partial charge in [0.1, 0.15) is 24.4 Å².